The van der Waals surface area contributed by atoms with Crippen molar-refractivity contribution in [1.82, 2.24) is 0 Å². The molecule has 5 rings (SSSR count). The van der Waals surface area contributed by atoms with Crippen LogP contribution in [0.2, 0.25) is 5.02 Å². The molecule has 0 N–H and O–H groups in total. The summed E-state index contributed by atoms with van der Waals surface area (Å²) in [6, 6.07) is 18.9. The Morgan fingerprint density at radius 2 is 1.73 bits per heavy atom. The number of fused-ring (bicyclic) bond motifs is 1. The molecule has 2 amide bonds. The fraction of sp³-hybridized carbons (Fsp3) is 0.185. The largest absolute Gasteiger partial charge is 0.495 e. The highest BCUT2D eigenvalue weighted by Crippen LogP contribution is 2.41. The maximum atomic E-state index is 13.9. The molecule has 5 nitrogen and oxygen atoms in total. The Morgan fingerprint density at radius 3 is 2.45 bits per heavy atom. The number of aryl methyl sites for hydroxylation is 2. The topological polar surface area (TPSA) is 49.9 Å². The number of anilines is 2. The number of amides is 2. The molecule has 0 saturated heterocycles. The van der Waals surface area contributed by atoms with Crippen LogP contribution in [0.3, 0.4) is 0 Å². The van der Waals surface area contributed by atoms with Gasteiger partial charge >= 0.3 is 0 Å². The molecule has 2 heterocycles. The third-order valence-corrected chi connectivity index (χ3v) is 6.56. The van der Waals surface area contributed by atoms with Gasteiger partial charge in [-0.1, -0.05) is 53.6 Å². The molecule has 2 aliphatic heterocycles. The number of rotatable bonds is 4. The molecular weight excluding hydrogens is 436 g/mol. The van der Waals surface area contributed by atoms with E-state index in [4.69, 9.17) is 16.3 Å². The maximum absolute atomic E-state index is 13.9. The summed E-state index contributed by atoms with van der Waals surface area (Å²) in [5.41, 5.74) is 6.18. The van der Waals surface area contributed by atoms with Crippen molar-refractivity contribution >= 4 is 40.4 Å². The molecule has 0 radical (unpaired) electrons. The van der Waals surface area contributed by atoms with Gasteiger partial charge in [0, 0.05) is 12.2 Å². The number of halogens is 1. The Balaban J connectivity index is 1.69. The number of hydrogen-bond acceptors (Lipinski definition) is 4. The quantitative estimate of drug-likeness (QED) is 0.497. The smallest absolute Gasteiger partial charge is 0.282 e. The molecule has 3 aromatic rings. The van der Waals surface area contributed by atoms with Gasteiger partial charge in [-0.2, -0.15) is 0 Å². The van der Waals surface area contributed by atoms with Crippen molar-refractivity contribution < 1.29 is 14.3 Å². The van der Waals surface area contributed by atoms with E-state index in [1.54, 1.807) is 18.2 Å². The second-order valence-electron chi connectivity index (χ2n) is 8.34. The van der Waals surface area contributed by atoms with Gasteiger partial charge in [0.05, 0.1) is 23.4 Å². The van der Waals surface area contributed by atoms with E-state index in [0.717, 1.165) is 34.4 Å². The van der Waals surface area contributed by atoms with Crippen LogP contribution in [-0.4, -0.2) is 25.5 Å². The third kappa shape index (κ3) is 3.40. The number of imide groups is 1. The molecule has 0 bridgehead atoms. The van der Waals surface area contributed by atoms with Gasteiger partial charge in [-0.05, 0) is 61.2 Å². The zero-order valence-electron chi connectivity index (χ0n) is 18.7. The van der Waals surface area contributed by atoms with Crippen LogP contribution in [0.25, 0.3) is 5.57 Å². The fourth-order valence-electron chi connectivity index (χ4n) is 4.70. The molecule has 33 heavy (non-hydrogen) atoms. The van der Waals surface area contributed by atoms with Crippen LogP contribution in [0.4, 0.5) is 11.4 Å². The zero-order valence-corrected chi connectivity index (χ0v) is 19.4. The summed E-state index contributed by atoms with van der Waals surface area (Å²) < 4.78 is 5.24. The fourth-order valence-corrected chi connectivity index (χ4v) is 4.96. The van der Waals surface area contributed by atoms with Gasteiger partial charge in [-0.15, -0.1) is 0 Å². The van der Waals surface area contributed by atoms with E-state index in [1.807, 2.05) is 55.1 Å². The minimum Gasteiger partial charge on any atom is -0.495 e. The Morgan fingerprint density at radius 1 is 0.939 bits per heavy atom. The van der Waals surface area contributed by atoms with E-state index in [0.29, 0.717) is 34.3 Å². The normalized spacial score (nSPS) is 15.5. The number of ether oxygens (including phenoxy) is 1. The zero-order chi connectivity index (χ0) is 23.3. The number of carbonyl (C=O) groups excluding carboxylic acids is 2. The Hall–Kier alpha value is -3.57. The average molecular weight is 459 g/mol. The van der Waals surface area contributed by atoms with E-state index < -0.39 is 0 Å². The summed E-state index contributed by atoms with van der Waals surface area (Å²) in [6.45, 7) is 4.62. The first-order valence-electron chi connectivity index (χ1n) is 10.8. The van der Waals surface area contributed by atoms with Crippen LogP contribution >= 0.6 is 11.6 Å². The van der Waals surface area contributed by atoms with Crippen molar-refractivity contribution in [2.45, 2.75) is 20.3 Å². The lowest BCUT2D eigenvalue weighted by atomic mass is 9.97. The minimum absolute atomic E-state index is 0.337. The number of benzene rings is 3. The first-order chi connectivity index (χ1) is 15.9. The number of nitrogens with zero attached hydrogens (tertiary/aromatic N) is 2. The summed E-state index contributed by atoms with van der Waals surface area (Å²) in [7, 11) is 1.52. The molecule has 3 aromatic carbocycles. The highest BCUT2D eigenvalue weighted by molar-refractivity contribution is 6.46. The predicted octanol–water partition coefficient (Wildman–Crippen LogP) is 5.31. The minimum atomic E-state index is -0.354. The van der Waals surface area contributed by atoms with Gasteiger partial charge in [0.2, 0.25) is 0 Å². The van der Waals surface area contributed by atoms with Crippen molar-refractivity contribution in [3.8, 4) is 5.75 Å². The molecule has 166 valence electrons. The lowest BCUT2D eigenvalue weighted by Crippen LogP contribution is -2.34. The van der Waals surface area contributed by atoms with Crippen LogP contribution in [0, 0.1) is 13.8 Å². The molecule has 6 heteroatoms. The monoisotopic (exact) mass is 458 g/mol. The number of methoxy groups -OCH3 is 1. The molecule has 0 spiro atoms. The van der Waals surface area contributed by atoms with E-state index in [9.17, 15) is 9.59 Å². The van der Waals surface area contributed by atoms with Gasteiger partial charge in [-0.3, -0.25) is 9.59 Å². The highest BCUT2D eigenvalue weighted by Gasteiger charge is 2.44. The Kier molecular flexibility index (Phi) is 5.22. The van der Waals surface area contributed by atoms with Crippen LogP contribution in [0.5, 0.6) is 5.75 Å². The maximum Gasteiger partial charge on any atom is 0.282 e. The van der Waals surface area contributed by atoms with Crippen LogP contribution in [-0.2, 0) is 16.0 Å². The van der Waals surface area contributed by atoms with Gasteiger partial charge in [0.15, 0.2) is 0 Å². The molecule has 0 atom stereocenters. The molecule has 0 unspecified atom stereocenters. The first-order valence-corrected chi connectivity index (χ1v) is 11.2. The second kappa shape index (κ2) is 8.09. The highest BCUT2D eigenvalue weighted by atomic mass is 35.5. The van der Waals surface area contributed by atoms with Gasteiger partial charge in [0.1, 0.15) is 11.4 Å². The van der Waals surface area contributed by atoms with Crippen molar-refractivity contribution in [1.29, 1.82) is 0 Å². The lowest BCUT2D eigenvalue weighted by molar-refractivity contribution is -0.120. The first kappa shape index (κ1) is 21.3. The molecule has 0 saturated carbocycles. The predicted molar refractivity (Wildman–Crippen MR) is 131 cm³/mol. The summed E-state index contributed by atoms with van der Waals surface area (Å²) in [5, 5.41) is 0.337. The van der Waals surface area contributed by atoms with Crippen molar-refractivity contribution in [3.63, 3.8) is 0 Å². The molecule has 0 aromatic heterocycles. The van der Waals surface area contributed by atoms with Crippen LogP contribution in [0.15, 0.2) is 66.4 Å². The van der Waals surface area contributed by atoms with Crippen LogP contribution in [0.1, 0.15) is 22.3 Å². The summed E-state index contributed by atoms with van der Waals surface area (Å²) >= 11 is 6.33. The Bertz CT molecular complexity index is 1340. The third-order valence-electron chi connectivity index (χ3n) is 6.26. The second-order valence-corrected chi connectivity index (χ2v) is 8.74. The molecule has 0 aliphatic carbocycles. The van der Waals surface area contributed by atoms with E-state index in [-0.39, 0.29) is 11.8 Å². The molecule has 0 fully saturated rings. The Labute approximate surface area is 197 Å². The van der Waals surface area contributed by atoms with E-state index in [1.165, 1.54) is 12.0 Å². The van der Waals surface area contributed by atoms with Gasteiger partial charge < -0.3 is 9.64 Å². The van der Waals surface area contributed by atoms with E-state index in [2.05, 4.69) is 6.07 Å². The number of hydrogen-bond donors (Lipinski definition) is 0. The van der Waals surface area contributed by atoms with Crippen molar-refractivity contribution in [3.05, 3.63) is 93.6 Å². The summed E-state index contributed by atoms with van der Waals surface area (Å²) in [4.78, 5) is 30.9. The number of para-hydroxylation sites is 1. The van der Waals surface area contributed by atoms with Crippen molar-refractivity contribution in [2.75, 3.05) is 23.5 Å². The van der Waals surface area contributed by atoms with Crippen LogP contribution < -0.4 is 14.5 Å². The average Bonchev–Trinajstić information content (AvgIpc) is 3.32. The van der Waals surface area contributed by atoms with Gasteiger partial charge in [0.25, 0.3) is 11.8 Å². The van der Waals surface area contributed by atoms with Crippen molar-refractivity contribution in [2.24, 2.45) is 0 Å². The molecule has 2 aliphatic rings. The summed E-state index contributed by atoms with van der Waals surface area (Å²) in [5.74, 6) is -0.226. The standard InChI is InChI=1S/C27H23ClN2O3/c1-16-8-10-20(17(2)14-16)24-25(29-13-12-18-6-4-5-7-22(18)29)27(32)30(26(24)31)19-9-11-23(33-3)21(28)15-19/h4-11,14-15H,12-13H2,1-3H3. The lowest BCUT2D eigenvalue weighted by Gasteiger charge is -2.22. The number of carbonyl (C=O) groups is 2. The SMILES string of the molecule is COc1ccc(N2C(=O)C(c3ccc(C)cc3C)=C(N3CCc4ccccc43)C2=O)cc1Cl. The van der Waals surface area contributed by atoms with E-state index >= 15 is 0 Å². The van der Waals surface area contributed by atoms with Gasteiger partial charge in [-0.25, -0.2) is 4.90 Å². The molecular formula is C27H23ClN2O3. The summed E-state index contributed by atoms with van der Waals surface area (Å²) in [6.07, 6.45) is 0.815.